The molecule has 1 atom stereocenters. The monoisotopic (exact) mass is 220 g/mol. The van der Waals surface area contributed by atoms with Gasteiger partial charge in [0, 0.05) is 27.3 Å². The summed E-state index contributed by atoms with van der Waals surface area (Å²) in [5.41, 5.74) is 0.961. The Kier molecular flexibility index (Phi) is 7.05. The van der Waals surface area contributed by atoms with Crippen molar-refractivity contribution in [2.75, 3.05) is 20.0 Å². The van der Waals surface area contributed by atoms with Gasteiger partial charge in [0.15, 0.2) is 0 Å². The van der Waals surface area contributed by atoms with E-state index in [1.54, 1.807) is 0 Å². The van der Waals surface area contributed by atoms with Crippen LogP contribution in [0, 0.1) is 0 Å². The number of hydrogen-bond acceptors (Lipinski definition) is 0. The van der Waals surface area contributed by atoms with Gasteiger partial charge in [0.1, 0.15) is 0 Å². The fraction of sp³-hybridized carbons (Fsp3) is 1.00. The van der Waals surface area contributed by atoms with Crippen molar-refractivity contribution < 1.29 is 17.3 Å². The Hall–Kier alpha value is 0.215. The molecule has 0 bridgehead atoms. The molecule has 6 heteroatoms. The maximum Gasteiger partial charge on any atom is 0.673 e. The van der Waals surface area contributed by atoms with Crippen LogP contribution in [-0.2, 0) is 0 Å². The van der Waals surface area contributed by atoms with E-state index in [-0.39, 0.29) is 0 Å². The van der Waals surface area contributed by atoms with Gasteiger partial charge in [-0.1, -0.05) is 6.92 Å². The molecule has 0 saturated carbocycles. The Morgan fingerprint density at radius 2 is 1.31 bits per heavy atom. The summed E-state index contributed by atoms with van der Waals surface area (Å²) in [5, 5.41) is 0. The standard InChI is InChI=1S/C7H18P.BF4/c1-6-7(2)8(3,4)5;2-1(3,4)5/h7H,6H2,1-5H3;/q+1;-1. The highest BCUT2D eigenvalue weighted by molar-refractivity contribution is 7.74. The minimum atomic E-state index is -6.00. The normalized spacial score (nSPS) is 14.5. The van der Waals surface area contributed by atoms with Crippen LogP contribution < -0.4 is 0 Å². The zero-order valence-electron chi connectivity index (χ0n) is 8.82. The van der Waals surface area contributed by atoms with Crippen molar-refractivity contribution in [3.05, 3.63) is 0 Å². The zero-order valence-corrected chi connectivity index (χ0v) is 9.72. The largest absolute Gasteiger partial charge is 0.673 e. The maximum atomic E-state index is 9.75. The molecule has 0 aliphatic carbocycles. The molecule has 0 heterocycles. The second kappa shape index (κ2) is 5.84. The summed E-state index contributed by atoms with van der Waals surface area (Å²) in [6.07, 6.45) is 1.34. The number of halogens is 4. The average molecular weight is 220 g/mol. The van der Waals surface area contributed by atoms with Gasteiger partial charge in [0.05, 0.1) is 5.66 Å². The summed E-state index contributed by atoms with van der Waals surface area (Å²) in [4.78, 5) is 0. The molecule has 0 rings (SSSR count). The van der Waals surface area contributed by atoms with Crippen molar-refractivity contribution in [2.45, 2.75) is 25.9 Å². The number of hydrogen-bond donors (Lipinski definition) is 0. The zero-order chi connectivity index (χ0) is 11.3. The van der Waals surface area contributed by atoms with E-state index < -0.39 is 14.5 Å². The molecule has 0 aliphatic heterocycles. The van der Waals surface area contributed by atoms with Crippen LogP contribution in [0.4, 0.5) is 17.3 Å². The lowest BCUT2D eigenvalue weighted by Gasteiger charge is -2.18. The van der Waals surface area contributed by atoms with E-state index in [2.05, 4.69) is 33.8 Å². The van der Waals surface area contributed by atoms with Crippen LogP contribution in [-0.4, -0.2) is 32.9 Å². The van der Waals surface area contributed by atoms with Gasteiger partial charge < -0.3 is 17.3 Å². The fourth-order valence-corrected chi connectivity index (χ4v) is 1.64. The van der Waals surface area contributed by atoms with E-state index in [0.29, 0.717) is 0 Å². The van der Waals surface area contributed by atoms with Crippen molar-refractivity contribution in [1.82, 2.24) is 0 Å². The first-order valence-corrected chi connectivity index (χ1v) is 7.37. The summed E-state index contributed by atoms with van der Waals surface area (Å²) in [5.74, 6) is 0. The van der Waals surface area contributed by atoms with Crippen molar-refractivity contribution in [3.8, 4) is 0 Å². The van der Waals surface area contributed by atoms with Crippen molar-refractivity contribution in [2.24, 2.45) is 0 Å². The maximum absolute atomic E-state index is 9.75. The second-order valence-electron chi connectivity index (χ2n) is 3.87. The molecule has 0 N–H and O–H groups in total. The van der Waals surface area contributed by atoms with Gasteiger partial charge in [-0.15, -0.1) is 0 Å². The minimum absolute atomic E-state index is 0.507. The molecule has 0 aromatic rings. The van der Waals surface area contributed by atoms with Gasteiger partial charge >= 0.3 is 7.25 Å². The van der Waals surface area contributed by atoms with Gasteiger partial charge in [-0.3, -0.25) is 0 Å². The van der Waals surface area contributed by atoms with Crippen LogP contribution in [0.25, 0.3) is 0 Å². The van der Waals surface area contributed by atoms with Crippen LogP contribution in [0.2, 0.25) is 0 Å². The Labute approximate surface area is 78.5 Å². The molecule has 13 heavy (non-hydrogen) atoms. The summed E-state index contributed by atoms with van der Waals surface area (Å²) in [6.45, 7) is 11.8. The molecular weight excluding hydrogens is 202 g/mol. The van der Waals surface area contributed by atoms with Gasteiger partial charge in [-0.05, 0) is 13.3 Å². The molecule has 0 spiro atoms. The van der Waals surface area contributed by atoms with Gasteiger partial charge in [0.25, 0.3) is 0 Å². The molecule has 0 saturated heterocycles. The summed E-state index contributed by atoms with van der Waals surface area (Å²) >= 11 is 0. The lowest BCUT2D eigenvalue weighted by Crippen LogP contribution is -2.04. The molecule has 1 unspecified atom stereocenters. The summed E-state index contributed by atoms with van der Waals surface area (Å²) in [6, 6.07) is 0. The quantitative estimate of drug-likeness (QED) is 0.375. The lowest BCUT2D eigenvalue weighted by atomic mass is 10.3. The first-order valence-electron chi connectivity index (χ1n) is 4.17. The number of rotatable bonds is 2. The third kappa shape index (κ3) is 18.9. The van der Waals surface area contributed by atoms with E-state index in [9.17, 15) is 17.3 Å². The van der Waals surface area contributed by atoms with Gasteiger partial charge in [-0.25, -0.2) is 0 Å². The van der Waals surface area contributed by atoms with E-state index >= 15 is 0 Å². The third-order valence-electron chi connectivity index (χ3n) is 1.91. The van der Waals surface area contributed by atoms with Crippen LogP contribution in [0.15, 0.2) is 0 Å². The molecule has 0 radical (unpaired) electrons. The highest BCUT2D eigenvalue weighted by Gasteiger charge is 2.24. The molecule has 0 aromatic carbocycles. The molecule has 82 valence electrons. The molecule has 0 fully saturated rings. The topological polar surface area (TPSA) is 0 Å². The van der Waals surface area contributed by atoms with Crippen LogP contribution in [0.3, 0.4) is 0 Å². The Balaban J connectivity index is 0. The highest BCUT2D eigenvalue weighted by Crippen LogP contribution is 2.52. The Morgan fingerprint density at radius 1 is 1.08 bits per heavy atom. The highest BCUT2D eigenvalue weighted by atomic mass is 31.2. The molecule has 0 nitrogen and oxygen atoms in total. The van der Waals surface area contributed by atoms with E-state index in [1.165, 1.54) is 6.42 Å². The predicted molar refractivity (Wildman–Crippen MR) is 54.6 cm³/mol. The van der Waals surface area contributed by atoms with Gasteiger partial charge in [0.2, 0.25) is 0 Å². The van der Waals surface area contributed by atoms with E-state index in [1.807, 2.05) is 0 Å². The van der Waals surface area contributed by atoms with E-state index in [0.717, 1.165) is 5.66 Å². The Morgan fingerprint density at radius 3 is 1.31 bits per heavy atom. The summed E-state index contributed by atoms with van der Waals surface area (Å²) in [7, 11) is -6.51. The first-order chi connectivity index (χ1) is 5.48. The second-order valence-corrected chi connectivity index (χ2v) is 8.98. The third-order valence-corrected chi connectivity index (χ3v) is 4.92. The molecule has 0 aromatic heterocycles. The van der Waals surface area contributed by atoms with E-state index in [4.69, 9.17) is 0 Å². The fourth-order valence-electron chi connectivity index (χ4n) is 0.548. The predicted octanol–water partition coefficient (Wildman–Crippen LogP) is 3.99. The summed E-state index contributed by atoms with van der Waals surface area (Å²) < 4.78 is 39.0. The lowest BCUT2D eigenvalue weighted by molar-refractivity contribution is 0.368. The van der Waals surface area contributed by atoms with Crippen LogP contribution in [0.5, 0.6) is 0 Å². The minimum Gasteiger partial charge on any atom is -0.418 e. The van der Waals surface area contributed by atoms with Crippen LogP contribution >= 0.6 is 7.26 Å². The Bertz CT molecular complexity index is 123. The molecule has 0 aliphatic rings. The van der Waals surface area contributed by atoms with Gasteiger partial charge in [-0.2, -0.15) is 0 Å². The van der Waals surface area contributed by atoms with Crippen LogP contribution in [0.1, 0.15) is 20.3 Å². The first kappa shape index (κ1) is 15.7. The smallest absolute Gasteiger partial charge is 0.418 e. The van der Waals surface area contributed by atoms with Crippen molar-refractivity contribution >= 4 is 14.5 Å². The average Bonchev–Trinajstić information content (AvgIpc) is 1.80. The SMILES string of the molecule is CCC(C)[P+](C)(C)C.F[B-](F)(F)F. The molecule has 0 amide bonds. The van der Waals surface area contributed by atoms with Crippen molar-refractivity contribution in [1.29, 1.82) is 0 Å². The van der Waals surface area contributed by atoms with Crippen molar-refractivity contribution in [3.63, 3.8) is 0 Å². The molecular formula is C7H18BF4P.